The van der Waals surface area contributed by atoms with Crippen LogP contribution in [-0.2, 0) is 17.6 Å². The molecule has 156 valence electrons. The molecule has 1 aromatic heterocycles. The van der Waals surface area contributed by atoms with Gasteiger partial charge < -0.3 is 10.2 Å². The molecule has 2 aromatic rings. The monoisotopic (exact) mass is 475 g/mol. The number of hydrogen-bond acceptors (Lipinski definition) is 4. The summed E-state index contributed by atoms with van der Waals surface area (Å²) in [6, 6.07) is 8.90. The highest BCUT2D eigenvalue weighted by Crippen LogP contribution is 2.45. The van der Waals surface area contributed by atoms with Crippen molar-refractivity contribution in [3.8, 4) is 0 Å². The molecule has 4 nitrogen and oxygen atoms in total. The Morgan fingerprint density at radius 1 is 1.21 bits per heavy atom. The number of anilines is 1. The Bertz CT molecular complexity index is 873. The number of nitrogens with one attached hydrogen (secondary N) is 1. The quantitative estimate of drug-likeness (QED) is 0.654. The molecule has 1 aliphatic heterocycles. The van der Waals surface area contributed by atoms with E-state index in [1.807, 2.05) is 0 Å². The number of likely N-dealkylation sites (N-methyl/N-ethyl adjacent to an activating group) is 1. The van der Waals surface area contributed by atoms with Gasteiger partial charge in [-0.3, -0.25) is 9.69 Å². The van der Waals surface area contributed by atoms with Gasteiger partial charge in [-0.25, -0.2) is 0 Å². The third-order valence-corrected chi connectivity index (χ3v) is 7.88. The van der Waals surface area contributed by atoms with Crippen molar-refractivity contribution in [2.75, 3.05) is 38.0 Å². The fourth-order valence-electron chi connectivity index (χ4n) is 4.71. The van der Waals surface area contributed by atoms with E-state index in [2.05, 4.69) is 62.2 Å². The van der Waals surface area contributed by atoms with Gasteiger partial charge >= 0.3 is 0 Å². The highest BCUT2D eigenvalue weighted by Gasteiger charge is 2.33. The molecule has 2 aliphatic rings. The molecule has 1 N–H and O–H groups in total. The minimum Gasteiger partial charge on any atom is -0.318 e. The molecule has 0 radical (unpaired) electrons. The fourth-order valence-corrected chi connectivity index (χ4v) is 6.49. The van der Waals surface area contributed by atoms with Crippen LogP contribution in [-0.4, -0.2) is 48.4 Å². The summed E-state index contributed by atoms with van der Waals surface area (Å²) in [5.74, 6) is 0.0219. The van der Waals surface area contributed by atoms with Crippen LogP contribution in [0.3, 0.4) is 0 Å². The predicted molar refractivity (Wildman–Crippen MR) is 125 cm³/mol. The number of benzene rings is 1. The first-order valence-corrected chi connectivity index (χ1v) is 12.3. The molecule has 0 bridgehead atoms. The lowest BCUT2D eigenvalue weighted by Gasteiger charge is -2.40. The van der Waals surface area contributed by atoms with Gasteiger partial charge in [-0.15, -0.1) is 11.3 Å². The molecule has 4 rings (SSSR count). The number of amides is 1. The number of carbonyl (C=O) groups is 1. The lowest BCUT2D eigenvalue weighted by molar-refractivity contribution is -0.114. The molecular weight excluding hydrogens is 446 g/mol. The van der Waals surface area contributed by atoms with E-state index in [0.717, 1.165) is 55.0 Å². The average Bonchev–Trinajstić information content (AvgIpc) is 3.06. The number of aryl methyl sites for hydroxylation is 1. The van der Waals surface area contributed by atoms with Gasteiger partial charge in [0.1, 0.15) is 5.00 Å². The molecule has 0 saturated carbocycles. The minimum atomic E-state index is 0.0219. The van der Waals surface area contributed by atoms with Crippen LogP contribution in [0.2, 0.25) is 0 Å². The van der Waals surface area contributed by atoms with Crippen molar-refractivity contribution in [3.05, 3.63) is 50.3 Å². The van der Waals surface area contributed by atoms with E-state index in [9.17, 15) is 4.79 Å². The summed E-state index contributed by atoms with van der Waals surface area (Å²) in [5, 5.41) is 4.25. The molecule has 1 aromatic carbocycles. The summed E-state index contributed by atoms with van der Waals surface area (Å²) in [6.07, 6.45) is 4.76. The standard InChI is InChI=1S/C23H30BrN3OS/c1-3-26-11-13-27(14-12-26)22(17-7-6-8-18(24)15-17)21-19-9-4-5-10-20(19)29-23(21)25-16(2)28/h6-8,15,22H,3-5,9-14H2,1-2H3,(H,25,28). The summed E-state index contributed by atoms with van der Waals surface area (Å²) in [7, 11) is 0. The van der Waals surface area contributed by atoms with Gasteiger partial charge in [-0.2, -0.15) is 0 Å². The Balaban J connectivity index is 1.81. The molecule has 1 atom stereocenters. The molecule has 0 spiro atoms. The van der Waals surface area contributed by atoms with E-state index in [1.165, 1.54) is 34.4 Å². The highest BCUT2D eigenvalue weighted by atomic mass is 79.9. The first kappa shape index (κ1) is 21.0. The van der Waals surface area contributed by atoms with Crippen LogP contribution >= 0.6 is 27.3 Å². The largest absolute Gasteiger partial charge is 0.318 e. The Hall–Kier alpha value is -1.21. The Morgan fingerprint density at radius 3 is 2.66 bits per heavy atom. The normalized spacial score (nSPS) is 19.0. The maximum absolute atomic E-state index is 12.0. The van der Waals surface area contributed by atoms with Gasteiger partial charge in [-0.1, -0.05) is 35.0 Å². The topological polar surface area (TPSA) is 35.6 Å². The van der Waals surface area contributed by atoms with E-state index in [-0.39, 0.29) is 11.9 Å². The number of nitrogens with zero attached hydrogens (tertiary/aromatic N) is 2. The van der Waals surface area contributed by atoms with Gasteiger partial charge in [0.2, 0.25) is 5.91 Å². The summed E-state index contributed by atoms with van der Waals surface area (Å²) in [4.78, 5) is 18.6. The zero-order valence-corrected chi connectivity index (χ0v) is 19.7. The average molecular weight is 476 g/mol. The van der Waals surface area contributed by atoms with Crippen molar-refractivity contribution in [2.24, 2.45) is 0 Å². The van der Waals surface area contributed by atoms with Crippen molar-refractivity contribution in [1.82, 2.24) is 9.80 Å². The van der Waals surface area contributed by atoms with Crippen molar-refractivity contribution >= 4 is 38.2 Å². The van der Waals surface area contributed by atoms with Gasteiger partial charge in [0.25, 0.3) is 0 Å². The number of rotatable bonds is 5. The number of fused-ring (bicyclic) bond motifs is 1. The number of piperazine rings is 1. The first-order valence-electron chi connectivity index (χ1n) is 10.7. The molecular formula is C23H30BrN3OS. The number of halogens is 1. The predicted octanol–water partition coefficient (Wildman–Crippen LogP) is 5.07. The Kier molecular flexibility index (Phi) is 6.74. The smallest absolute Gasteiger partial charge is 0.221 e. The minimum absolute atomic E-state index is 0.0219. The molecule has 1 amide bonds. The molecule has 1 aliphatic carbocycles. The summed E-state index contributed by atoms with van der Waals surface area (Å²) in [5.41, 5.74) is 4.15. The summed E-state index contributed by atoms with van der Waals surface area (Å²) < 4.78 is 1.11. The second-order valence-electron chi connectivity index (χ2n) is 8.06. The molecule has 1 unspecified atom stereocenters. The Labute approximate surface area is 186 Å². The molecule has 29 heavy (non-hydrogen) atoms. The maximum atomic E-state index is 12.0. The second-order valence-corrected chi connectivity index (χ2v) is 10.1. The van der Waals surface area contributed by atoms with Gasteiger partial charge in [0, 0.05) is 48.0 Å². The van der Waals surface area contributed by atoms with Crippen LogP contribution in [0.1, 0.15) is 54.3 Å². The Morgan fingerprint density at radius 2 is 1.97 bits per heavy atom. The number of thiophene rings is 1. The van der Waals surface area contributed by atoms with Crippen molar-refractivity contribution in [1.29, 1.82) is 0 Å². The molecule has 1 saturated heterocycles. The van der Waals surface area contributed by atoms with Crippen LogP contribution in [0.25, 0.3) is 0 Å². The molecule has 2 heterocycles. The van der Waals surface area contributed by atoms with Crippen molar-refractivity contribution in [3.63, 3.8) is 0 Å². The van der Waals surface area contributed by atoms with Crippen molar-refractivity contribution in [2.45, 2.75) is 45.6 Å². The lowest BCUT2D eigenvalue weighted by Crippen LogP contribution is -2.47. The van der Waals surface area contributed by atoms with Crippen LogP contribution in [0.15, 0.2) is 28.7 Å². The van der Waals surface area contributed by atoms with Gasteiger partial charge in [0.05, 0.1) is 6.04 Å². The van der Waals surface area contributed by atoms with Crippen molar-refractivity contribution < 1.29 is 4.79 Å². The zero-order valence-electron chi connectivity index (χ0n) is 17.3. The van der Waals surface area contributed by atoms with E-state index in [4.69, 9.17) is 0 Å². The summed E-state index contributed by atoms with van der Waals surface area (Å²) in [6.45, 7) is 9.28. The number of carbonyl (C=O) groups excluding carboxylic acids is 1. The van der Waals surface area contributed by atoms with E-state index < -0.39 is 0 Å². The van der Waals surface area contributed by atoms with Gasteiger partial charge in [-0.05, 0) is 55.5 Å². The highest BCUT2D eigenvalue weighted by molar-refractivity contribution is 9.10. The van der Waals surface area contributed by atoms with Crippen LogP contribution in [0.5, 0.6) is 0 Å². The summed E-state index contributed by atoms with van der Waals surface area (Å²) >= 11 is 5.48. The second kappa shape index (κ2) is 9.29. The van der Waals surface area contributed by atoms with E-state index >= 15 is 0 Å². The third-order valence-electron chi connectivity index (χ3n) is 6.16. The third kappa shape index (κ3) is 4.61. The fraction of sp³-hybridized carbons (Fsp3) is 0.522. The first-order chi connectivity index (χ1) is 14.1. The van der Waals surface area contributed by atoms with Crippen LogP contribution < -0.4 is 5.32 Å². The van der Waals surface area contributed by atoms with E-state index in [1.54, 1.807) is 18.3 Å². The van der Waals surface area contributed by atoms with E-state index in [0.29, 0.717) is 0 Å². The van der Waals surface area contributed by atoms with Gasteiger partial charge in [0.15, 0.2) is 0 Å². The SMILES string of the molecule is CCN1CCN(C(c2cccc(Br)c2)c2c(NC(C)=O)sc3c2CCCC3)CC1. The molecule has 1 fully saturated rings. The van der Waals surface area contributed by atoms with Crippen LogP contribution in [0, 0.1) is 0 Å². The maximum Gasteiger partial charge on any atom is 0.221 e. The zero-order chi connectivity index (χ0) is 20.4. The molecule has 6 heteroatoms. The van der Waals surface area contributed by atoms with Crippen LogP contribution in [0.4, 0.5) is 5.00 Å². The lowest BCUT2D eigenvalue weighted by atomic mass is 9.88. The number of hydrogen-bond donors (Lipinski definition) is 1.